The summed E-state index contributed by atoms with van der Waals surface area (Å²) in [7, 11) is 1.80. The van der Waals surface area contributed by atoms with Crippen molar-refractivity contribution in [3.05, 3.63) is 46.2 Å². The monoisotopic (exact) mass is 496 g/mol. The first kappa shape index (κ1) is 24.6. The van der Waals surface area contributed by atoms with Crippen molar-refractivity contribution in [2.45, 2.75) is 58.0 Å². The maximum absolute atomic E-state index is 13.0. The van der Waals surface area contributed by atoms with Gasteiger partial charge in [0.1, 0.15) is 5.82 Å². The molecule has 186 valence electrons. The molecule has 0 radical (unpaired) electrons. The zero-order valence-corrected chi connectivity index (χ0v) is 21.5. The standard InChI is InChI=1S/C24H32N8O2S/c1-14-16(29-23(34)17-8-9-18(35-17)24(2,3)4)7-6-10-32(14)19-12-26-20(21(25)33)22(30-19)28-15-11-27-31(5)13-15/h8-9,11-14,16H,6-7,10H2,1-5H3,(H2,25,33)(H,28,30)(H,29,34)/t14-,16-/m1/s1. The summed E-state index contributed by atoms with van der Waals surface area (Å²) < 4.78 is 1.64. The number of carbonyl (C=O) groups excluding carboxylic acids is 2. The number of carbonyl (C=O) groups is 2. The van der Waals surface area contributed by atoms with Crippen LogP contribution < -0.4 is 21.3 Å². The number of anilines is 3. The van der Waals surface area contributed by atoms with Crippen molar-refractivity contribution in [2.24, 2.45) is 12.8 Å². The van der Waals surface area contributed by atoms with Crippen LogP contribution in [0, 0.1) is 0 Å². The van der Waals surface area contributed by atoms with E-state index < -0.39 is 5.91 Å². The van der Waals surface area contributed by atoms with Gasteiger partial charge in [-0.3, -0.25) is 14.3 Å². The third-order valence-corrected chi connectivity index (χ3v) is 7.64. The molecule has 10 nitrogen and oxygen atoms in total. The van der Waals surface area contributed by atoms with Gasteiger partial charge in [0.05, 0.1) is 23.0 Å². The second-order valence-electron chi connectivity index (χ2n) is 9.89. The quantitative estimate of drug-likeness (QED) is 0.478. The number of nitrogens with two attached hydrogens (primary N) is 1. The molecular weight excluding hydrogens is 464 g/mol. The van der Waals surface area contributed by atoms with Crippen molar-refractivity contribution >= 4 is 40.5 Å². The summed E-state index contributed by atoms with van der Waals surface area (Å²) in [6.45, 7) is 9.26. The highest BCUT2D eigenvalue weighted by Crippen LogP contribution is 2.30. The van der Waals surface area contributed by atoms with Gasteiger partial charge >= 0.3 is 0 Å². The first-order valence-electron chi connectivity index (χ1n) is 11.6. The number of primary amides is 1. The molecule has 4 rings (SSSR count). The number of thiophene rings is 1. The van der Waals surface area contributed by atoms with E-state index in [1.807, 2.05) is 12.1 Å². The summed E-state index contributed by atoms with van der Waals surface area (Å²) in [5.74, 6) is 0.157. The summed E-state index contributed by atoms with van der Waals surface area (Å²) in [4.78, 5) is 37.9. The van der Waals surface area contributed by atoms with Gasteiger partial charge in [0.2, 0.25) is 0 Å². The predicted molar refractivity (Wildman–Crippen MR) is 137 cm³/mol. The Hall–Kier alpha value is -3.47. The number of aromatic nitrogens is 4. The van der Waals surface area contributed by atoms with Gasteiger partial charge < -0.3 is 21.3 Å². The van der Waals surface area contributed by atoms with Crippen LogP contribution in [0.4, 0.5) is 17.3 Å². The molecular formula is C24H32N8O2S. The van der Waals surface area contributed by atoms with Crippen molar-refractivity contribution in [3.8, 4) is 0 Å². The molecule has 4 heterocycles. The van der Waals surface area contributed by atoms with Gasteiger partial charge in [-0.25, -0.2) is 9.97 Å². The maximum atomic E-state index is 13.0. The average molecular weight is 497 g/mol. The summed E-state index contributed by atoms with van der Waals surface area (Å²) >= 11 is 1.54. The minimum absolute atomic E-state index is 0.00935. The van der Waals surface area contributed by atoms with Gasteiger partial charge in [0, 0.05) is 36.8 Å². The van der Waals surface area contributed by atoms with Crippen LogP contribution in [0.2, 0.25) is 0 Å². The van der Waals surface area contributed by atoms with Crippen LogP contribution in [0.3, 0.4) is 0 Å². The Labute approximate surface area is 208 Å². The Kier molecular flexibility index (Phi) is 6.79. The SMILES string of the molecule is C[C@@H]1[C@H](NC(=O)c2ccc(C(C)(C)C)s2)CCCN1c1cnc(C(N)=O)c(Nc2cnn(C)c2)n1. The molecule has 2 amide bonds. The fourth-order valence-corrected chi connectivity index (χ4v) is 5.14. The van der Waals surface area contributed by atoms with E-state index in [1.165, 1.54) is 16.2 Å². The van der Waals surface area contributed by atoms with Crippen LogP contribution in [0.5, 0.6) is 0 Å². The lowest BCUT2D eigenvalue weighted by Crippen LogP contribution is -2.54. The average Bonchev–Trinajstić information content (AvgIpc) is 3.44. The minimum atomic E-state index is -0.669. The van der Waals surface area contributed by atoms with Crippen molar-refractivity contribution in [1.29, 1.82) is 0 Å². The van der Waals surface area contributed by atoms with Crippen LogP contribution in [0.1, 0.15) is 65.6 Å². The number of hydrogen-bond donors (Lipinski definition) is 3. The van der Waals surface area contributed by atoms with Crippen LogP contribution in [-0.2, 0) is 12.5 Å². The van der Waals surface area contributed by atoms with Gasteiger partial charge in [-0.1, -0.05) is 20.8 Å². The van der Waals surface area contributed by atoms with Gasteiger partial charge in [-0.15, -0.1) is 11.3 Å². The second-order valence-corrected chi connectivity index (χ2v) is 11.0. The minimum Gasteiger partial charge on any atom is -0.364 e. The Morgan fingerprint density at radius 3 is 2.63 bits per heavy atom. The Bertz CT molecular complexity index is 1230. The Morgan fingerprint density at radius 2 is 2.00 bits per heavy atom. The van der Waals surface area contributed by atoms with E-state index in [9.17, 15) is 9.59 Å². The molecule has 2 atom stereocenters. The first-order chi connectivity index (χ1) is 16.5. The zero-order chi connectivity index (χ0) is 25.3. The van der Waals surface area contributed by atoms with E-state index in [0.717, 1.165) is 19.4 Å². The van der Waals surface area contributed by atoms with Gasteiger partial charge in [-0.05, 0) is 37.3 Å². The molecule has 1 fully saturated rings. The van der Waals surface area contributed by atoms with Gasteiger partial charge in [0.25, 0.3) is 11.8 Å². The first-order valence-corrected chi connectivity index (χ1v) is 12.4. The molecule has 35 heavy (non-hydrogen) atoms. The van der Waals surface area contributed by atoms with Gasteiger partial charge in [0.15, 0.2) is 11.5 Å². The molecule has 0 aliphatic carbocycles. The fraction of sp³-hybridized carbons (Fsp3) is 0.458. The molecule has 0 spiro atoms. The van der Waals surface area contributed by atoms with Crippen molar-refractivity contribution in [1.82, 2.24) is 25.1 Å². The molecule has 0 unspecified atom stereocenters. The number of hydrogen-bond acceptors (Lipinski definition) is 8. The van der Waals surface area contributed by atoms with E-state index in [2.05, 4.69) is 58.3 Å². The number of amides is 2. The molecule has 0 aromatic carbocycles. The molecule has 4 N–H and O–H groups in total. The molecule has 3 aromatic heterocycles. The third kappa shape index (κ3) is 5.45. The number of aryl methyl sites for hydroxylation is 1. The molecule has 0 bridgehead atoms. The number of nitrogens with one attached hydrogen (secondary N) is 2. The summed E-state index contributed by atoms with van der Waals surface area (Å²) in [6.07, 6.45) is 6.71. The summed E-state index contributed by atoms with van der Waals surface area (Å²) in [6, 6.07) is 3.86. The molecule has 3 aromatic rings. The van der Waals surface area contributed by atoms with Crippen LogP contribution in [0.25, 0.3) is 0 Å². The van der Waals surface area contributed by atoms with Crippen LogP contribution in [0.15, 0.2) is 30.7 Å². The normalized spacial score (nSPS) is 18.4. The highest BCUT2D eigenvalue weighted by Gasteiger charge is 2.31. The second kappa shape index (κ2) is 9.65. The van der Waals surface area contributed by atoms with Gasteiger partial charge in [-0.2, -0.15) is 5.10 Å². The lowest BCUT2D eigenvalue weighted by atomic mass is 9.95. The van der Waals surface area contributed by atoms with E-state index in [4.69, 9.17) is 5.73 Å². The number of rotatable bonds is 6. The molecule has 11 heteroatoms. The molecule has 1 aliphatic rings. The maximum Gasteiger partial charge on any atom is 0.271 e. The zero-order valence-electron chi connectivity index (χ0n) is 20.7. The Morgan fingerprint density at radius 1 is 1.23 bits per heavy atom. The van der Waals surface area contributed by atoms with E-state index >= 15 is 0 Å². The third-order valence-electron chi connectivity index (χ3n) is 6.13. The predicted octanol–water partition coefficient (Wildman–Crippen LogP) is 3.20. The summed E-state index contributed by atoms with van der Waals surface area (Å²) in [5, 5.41) is 10.4. The molecule has 1 aliphatic heterocycles. The van der Waals surface area contributed by atoms with Crippen molar-refractivity contribution < 1.29 is 9.59 Å². The van der Waals surface area contributed by atoms with E-state index in [1.54, 1.807) is 30.3 Å². The lowest BCUT2D eigenvalue weighted by molar-refractivity contribution is 0.0927. The van der Waals surface area contributed by atoms with Crippen molar-refractivity contribution in [2.75, 3.05) is 16.8 Å². The molecule has 1 saturated heterocycles. The number of nitrogens with zero attached hydrogens (tertiary/aromatic N) is 5. The topological polar surface area (TPSA) is 131 Å². The lowest BCUT2D eigenvalue weighted by Gasteiger charge is -2.40. The van der Waals surface area contributed by atoms with Crippen molar-refractivity contribution in [3.63, 3.8) is 0 Å². The fourth-order valence-electron chi connectivity index (χ4n) is 4.17. The highest BCUT2D eigenvalue weighted by molar-refractivity contribution is 7.14. The van der Waals surface area contributed by atoms with Crippen LogP contribution >= 0.6 is 11.3 Å². The number of piperidine rings is 1. The largest absolute Gasteiger partial charge is 0.364 e. The Balaban J connectivity index is 1.53. The van der Waals surface area contributed by atoms with Crippen LogP contribution in [-0.4, -0.2) is 50.2 Å². The molecule has 0 saturated carbocycles. The van der Waals surface area contributed by atoms with E-state index in [-0.39, 0.29) is 34.9 Å². The smallest absolute Gasteiger partial charge is 0.271 e. The van der Waals surface area contributed by atoms with E-state index in [0.29, 0.717) is 16.4 Å². The summed E-state index contributed by atoms with van der Waals surface area (Å²) in [5.41, 5.74) is 6.26. The highest BCUT2D eigenvalue weighted by atomic mass is 32.1.